The van der Waals surface area contributed by atoms with Crippen molar-refractivity contribution < 1.29 is 23.9 Å². The molecule has 3 aliphatic heterocycles. The van der Waals surface area contributed by atoms with Gasteiger partial charge in [-0.2, -0.15) is 11.8 Å². The minimum atomic E-state index is -0.619. The lowest BCUT2D eigenvalue weighted by atomic mass is 10.2. The van der Waals surface area contributed by atoms with Gasteiger partial charge in [-0.15, -0.1) is 0 Å². The number of rotatable bonds is 4. The highest BCUT2D eigenvalue weighted by atomic mass is 32.2. The number of urea groups is 1. The summed E-state index contributed by atoms with van der Waals surface area (Å²) in [7, 11) is 0. The maximum Gasteiger partial charge on any atom is 0.325 e. The first-order chi connectivity index (χ1) is 14.6. The van der Waals surface area contributed by atoms with E-state index in [0.717, 1.165) is 37.4 Å². The van der Waals surface area contributed by atoms with Gasteiger partial charge in [0.2, 0.25) is 11.8 Å². The van der Waals surface area contributed by atoms with Crippen LogP contribution in [-0.2, 0) is 9.59 Å². The van der Waals surface area contributed by atoms with E-state index in [2.05, 4.69) is 10.6 Å². The van der Waals surface area contributed by atoms with Crippen LogP contribution in [0.4, 0.5) is 10.5 Å². The van der Waals surface area contributed by atoms with Crippen molar-refractivity contribution in [2.24, 2.45) is 0 Å². The molecule has 4 amide bonds. The lowest BCUT2D eigenvalue weighted by Gasteiger charge is -2.32. The van der Waals surface area contributed by atoms with Gasteiger partial charge in [0, 0.05) is 36.3 Å². The number of nitrogens with one attached hydrogen (secondary N) is 2. The molecule has 1 aromatic carbocycles. The van der Waals surface area contributed by atoms with Crippen LogP contribution in [0.1, 0.15) is 12.8 Å². The van der Waals surface area contributed by atoms with Crippen molar-refractivity contribution in [3.63, 3.8) is 0 Å². The van der Waals surface area contributed by atoms with E-state index in [1.54, 1.807) is 18.2 Å². The van der Waals surface area contributed by atoms with Crippen LogP contribution >= 0.6 is 11.8 Å². The average Bonchev–Trinajstić information content (AvgIpc) is 3.21. The number of amides is 4. The van der Waals surface area contributed by atoms with Crippen molar-refractivity contribution in [1.29, 1.82) is 0 Å². The number of fused-ring (bicyclic) bond motifs is 1. The monoisotopic (exact) mass is 434 g/mol. The fraction of sp³-hybridized carbons (Fsp3) is 0.550. The van der Waals surface area contributed by atoms with Crippen LogP contribution in [0.2, 0.25) is 0 Å². The summed E-state index contributed by atoms with van der Waals surface area (Å²) in [5.74, 6) is 2.76. The molecule has 4 rings (SSSR count). The van der Waals surface area contributed by atoms with E-state index in [-0.39, 0.29) is 18.5 Å². The number of hydrogen-bond acceptors (Lipinski definition) is 7. The van der Waals surface area contributed by atoms with Gasteiger partial charge in [0.25, 0.3) is 0 Å². The van der Waals surface area contributed by atoms with Crippen molar-refractivity contribution in [2.45, 2.75) is 18.9 Å². The molecule has 0 saturated carbocycles. The van der Waals surface area contributed by atoms with Crippen LogP contribution in [0.25, 0.3) is 0 Å². The third-order valence-electron chi connectivity index (χ3n) is 5.37. The fourth-order valence-electron chi connectivity index (χ4n) is 3.92. The highest BCUT2D eigenvalue weighted by Gasteiger charge is 2.35. The topological polar surface area (TPSA) is 100 Å². The molecule has 30 heavy (non-hydrogen) atoms. The van der Waals surface area contributed by atoms with Crippen LogP contribution in [-0.4, -0.2) is 84.6 Å². The Labute approximate surface area is 179 Å². The van der Waals surface area contributed by atoms with Gasteiger partial charge in [-0.3, -0.25) is 19.8 Å². The molecule has 9 nitrogen and oxygen atoms in total. The summed E-state index contributed by atoms with van der Waals surface area (Å²) in [6.45, 7) is 3.16. The van der Waals surface area contributed by atoms with Crippen molar-refractivity contribution in [3.05, 3.63) is 18.2 Å². The van der Waals surface area contributed by atoms with Crippen LogP contribution in [0.15, 0.2) is 18.2 Å². The number of hydrogen-bond donors (Lipinski definition) is 2. The minimum absolute atomic E-state index is 0.0214. The molecule has 0 aliphatic carbocycles. The van der Waals surface area contributed by atoms with Crippen LogP contribution in [0.5, 0.6) is 11.5 Å². The number of carbonyl (C=O) groups is 3. The Kier molecular flexibility index (Phi) is 6.63. The Bertz CT molecular complexity index is 814. The molecule has 0 spiro atoms. The Morgan fingerprint density at radius 3 is 2.63 bits per heavy atom. The lowest BCUT2D eigenvalue weighted by Crippen LogP contribution is -2.51. The number of nitrogens with zero attached hydrogens (tertiary/aromatic N) is 2. The standard InChI is InChI=1S/C20H26N4O5S/c25-18(13-24-5-1-2-15(24)19(26)23-6-10-30-11-7-23)22-20(27)21-14-3-4-16-17(12-14)29-9-8-28-16/h3-4,12,15H,1-2,5-11,13H2,(H2,21,22,25,27). The number of thioether (sulfide) groups is 1. The molecular formula is C20H26N4O5S. The number of ether oxygens (including phenoxy) is 2. The lowest BCUT2D eigenvalue weighted by molar-refractivity contribution is -0.136. The summed E-state index contributed by atoms with van der Waals surface area (Å²) < 4.78 is 10.9. The second-order valence-corrected chi connectivity index (χ2v) is 8.65. The van der Waals surface area contributed by atoms with Gasteiger partial charge in [0.15, 0.2) is 11.5 Å². The van der Waals surface area contributed by atoms with Gasteiger partial charge < -0.3 is 19.7 Å². The molecule has 1 aromatic rings. The highest BCUT2D eigenvalue weighted by Crippen LogP contribution is 2.32. The van der Waals surface area contributed by atoms with Crippen molar-refractivity contribution in [3.8, 4) is 11.5 Å². The zero-order valence-electron chi connectivity index (χ0n) is 16.7. The molecule has 2 saturated heterocycles. The molecule has 1 atom stereocenters. The third-order valence-corrected chi connectivity index (χ3v) is 6.31. The molecule has 3 aliphatic rings. The fourth-order valence-corrected chi connectivity index (χ4v) is 4.83. The number of anilines is 1. The molecule has 2 N–H and O–H groups in total. The summed E-state index contributed by atoms with van der Waals surface area (Å²) in [4.78, 5) is 41.2. The minimum Gasteiger partial charge on any atom is -0.486 e. The van der Waals surface area contributed by atoms with E-state index in [1.165, 1.54) is 0 Å². The third kappa shape index (κ3) is 4.99. The van der Waals surface area contributed by atoms with Gasteiger partial charge in [-0.1, -0.05) is 0 Å². The maximum atomic E-state index is 12.8. The van der Waals surface area contributed by atoms with Gasteiger partial charge in [-0.05, 0) is 31.5 Å². The molecule has 0 aromatic heterocycles. The Morgan fingerprint density at radius 1 is 1.07 bits per heavy atom. The van der Waals surface area contributed by atoms with Crippen molar-refractivity contribution in [2.75, 3.05) is 56.2 Å². The van der Waals surface area contributed by atoms with E-state index >= 15 is 0 Å². The molecule has 0 radical (unpaired) electrons. The summed E-state index contributed by atoms with van der Waals surface area (Å²) in [6, 6.07) is 4.16. The second-order valence-electron chi connectivity index (χ2n) is 7.43. The smallest absolute Gasteiger partial charge is 0.325 e. The van der Waals surface area contributed by atoms with Gasteiger partial charge >= 0.3 is 6.03 Å². The first kappa shape index (κ1) is 20.8. The van der Waals surface area contributed by atoms with E-state index in [1.807, 2.05) is 21.6 Å². The normalized spacial score (nSPS) is 21.2. The van der Waals surface area contributed by atoms with E-state index in [0.29, 0.717) is 36.9 Å². The molecule has 162 valence electrons. The van der Waals surface area contributed by atoms with Crippen LogP contribution in [0.3, 0.4) is 0 Å². The number of likely N-dealkylation sites (tertiary alicyclic amines) is 1. The van der Waals surface area contributed by atoms with Gasteiger partial charge in [-0.25, -0.2) is 4.79 Å². The van der Waals surface area contributed by atoms with Gasteiger partial charge in [0.1, 0.15) is 13.2 Å². The first-order valence-electron chi connectivity index (χ1n) is 10.2. The molecule has 1 unspecified atom stereocenters. The largest absolute Gasteiger partial charge is 0.486 e. The Balaban J connectivity index is 1.28. The zero-order valence-corrected chi connectivity index (χ0v) is 17.5. The zero-order chi connectivity index (χ0) is 20.9. The molecule has 3 heterocycles. The molecule has 10 heteroatoms. The van der Waals surface area contributed by atoms with E-state index in [4.69, 9.17) is 9.47 Å². The molecular weight excluding hydrogens is 408 g/mol. The predicted octanol–water partition coefficient (Wildman–Crippen LogP) is 1.15. The van der Waals surface area contributed by atoms with Crippen LogP contribution < -0.4 is 20.1 Å². The predicted molar refractivity (Wildman–Crippen MR) is 113 cm³/mol. The van der Waals surface area contributed by atoms with E-state index in [9.17, 15) is 14.4 Å². The maximum absolute atomic E-state index is 12.8. The van der Waals surface area contributed by atoms with Crippen LogP contribution in [0, 0.1) is 0 Å². The highest BCUT2D eigenvalue weighted by molar-refractivity contribution is 7.99. The summed E-state index contributed by atoms with van der Waals surface area (Å²) in [5, 5.41) is 4.97. The quantitative estimate of drug-likeness (QED) is 0.733. The summed E-state index contributed by atoms with van der Waals surface area (Å²) in [6.07, 6.45) is 1.62. The van der Waals surface area contributed by atoms with Gasteiger partial charge in [0.05, 0.1) is 12.6 Å². The van der Waals surface area contributed by atoms with Crippen molar-refractivity contribution in [1.82, 2.24) is 15.1 Å². The number of carbonyl (C=O) groups excluding carboxylic acids is 3. The summed E-state index contributed by atoms with van der Waals surface area (Å²) in [5.41, 5.74) is 0.502. The molecule has 0 bridgehead atoms. The molecule has 2 fully saturated rings. The number of benzene rings is 1. The average molecular weight is 435 g/mol. The van der Waals surface area contributed by atoms with Crippen molar-refractivity contribution >= 4 is 35.3 Å². The second kappa shape index (κ2) is 9.57. The number of imide groups is 1. The Hall–Kier alpha value is -2.46. The Morgan fingerprint density at radius 2 is 1.83 bits per heavy atom. The first-order valence-corrected chi connectivity index (χ1v) is 11.4. The SMILES string of the molecule is O=C(CN1CCCC1C(=O)N1CCSCC1)NC(=O)Nc1ccc2c(c1)OCCO2. The summed E-state index contributed by atoms with van der Waals surface area (Å²) >= 11 is 1.85. The van der Waals surface area contributed by atoms with E-state index < -0.39 is 11.9 Å².